The van der Waals surface area contributed by atoms with Gasteiger partial charge >= 0.3 is 5.97 Å². The van der Waals surface area contributed by atoms with Gasteiger partial charge in [0.2, 0.25) is 0 Å². The molecule has 6 heteroatoms. The molecule has 6 nitrogen and oxygen atoms in total. The summed E-state index contributed by atoms with van der Waals surface area (Å²) in [5.74, 6) is -1.33. The van der Waals surface area contributed by atoms with E-state index in [4.69, 9.17) is 21.2 Å². The molecule has 0 aliphatic rings. The molecular formula is C5H11NO5. The maximum absolute atomic E-state index is 10.0. The van der Waals surface area contributed by atoms with Gasteiger partial charge in [-0.3, -0.25) is 5.26 Å². The molecule has 0 spiro atoms. The van der Waals surface area contributed by atoms with E-state index in [1.54, 1.807) is 0 Å². The van der Waals surface area contributed by atoms with Crippen molar-refractivity contribution in [3.63, 3.8) is 0 Å². The molecule has 2 atom stereocenters. The van der Waals surface area contributed by atoms with E-state index in [1.165, 1.54) is 0 Å². The minimum atomic E-state index is -1.50. The molecule has 0 aromatic rings. The lowest BCUT2D eigenvalue weighted by Crippen LogP contribution is -2.33. The van der Waals surface area contributed by atoms with Gasteiger partial charge in [0, 0.05) is 12.5 Å². The Balaban J connectivity index is 3.56. The maximum atomic E-state index is 10.0. The number of aliphatic hydroxyl groups excluding tert-OH is 1. The Labute approximate surface area is 63.1 Å². The zero-order valence-electron chi connectivity index (χ0n) is 5.80. The predicted molar refractivity (Wildman–Crippen MR) is 34.8 cm³/mol. The Morgan fingerprint density at radius 1 is 1.64 bits per heavy atom. The van der Waals surface area contributed by atoms with Crippen LogP contribution in [0, 0.1) is 0 Å². The molecule has 1 unspecified atom stereocenters. The van der Waals surface area contributed by atoms with E-state index in [2.05, 4.69) is 4.89 Å². The second-order valence-corrected chi connectivity index (χ2v) is 2.15. The van der Waals surface area contributed by atoms with E-state index in [1.807, 2.05) is 0 Å². The van der Waals surface area contributed by atoms with E-state index in [9.17, 15) is 4.79 Å². The van der Waals surface area contributed by atoms with Crippen molar-refractivity contribution in [3.8, 4) is 0 Å². The highest BCUT2D eigenvalue weighted by Crippen LogP contribution is 1.96. The van der Waals surface area contributed by atoms with Gasteiger partial charge in [0.25, 0.3) is 0 Å². The molecule has 11 heavy (non-hydrogen) atoms. The highest BCUT2D eigenvalue weighted by Gasteiger charge is 2.17. The van der Waals surface area contributed by atoms with Crippen molar-refractivity contribution in [1.82, 2.24) is 0 Å². The molecule has 66 valence electrons. The van der Waals surface area contributed by atoms with Crippen LogP contribution in [0.5, 0.6) is 0 Å². The van der Waals surface area contributed by atoms with Crippen molar-refractivity contribution in [2.24, 2.45) is 5.73 Å². The normalized spacial score (nSPS) is 15.9. The average Bonchev–Trinajstić information content (AvgIpc) is 1.87. The standard InChI is InChI=1S/C5H11NO5/c6-3(2-11-10)1-4(7)5(8)9/h3-4,7,10H,1-2,6H2,(H,8,9)/t3-,4?/m0/s1. The van der Waals surface area contributed by atoms with Crippen molar-refractivity contribution in [1.29, 1.82) is 0 Å². The molecular weight excluding hydrogens is 154 g/mol. The molecule has 0 aliphatic carbocycles. The summed E-state index contributed by atoms with van der Waals surface area (Å²) in [5.41, 5.74) is 5.21. The lowest BCUT2D eigenvalue weighted by molar-refractivity contribution is -0.246. The lowest BCUT2D eigenvalue weighted by Gasteiger charge is -2.10. The van der Waals surface area contributed by atoms with Gasteiger partial charge in [0.1, 0.15) is 0 Å². The average molecular weight is 165 g/mol. The van der Waals surface area contributed by atoms with Crippen LogP contribution in [0.2, 0.25) is 0 Å². The van der Waals surface area contributed by atoms with Crippen molar-refractivity contribution in [2.45, 2.75) is 18.6 Å². The Hall–Kier alpha value is -0.690. The van der Waals surface area contributed by atoms with E-state index in [0.717, 1.165) is 0 Å². The summed E-state index contributed by atoms with van der Waals surface area (Å²) < 4.78 is 0. The molecule has 0 amide bonds. The first-order valence-corrected chi connectivity index (χ1v) is 3.00. The zero-order valence-corrected chi connectivity index (χ0v) is 5.80. The Bertz CT molecular complexity index is 128. The summed E-state index contributed by atoms with van der Waals surface area (Å²) >= 11 is 0. The fourth-order valence-corrected chi connectivity index (χ4v) is 0.551. The SMILES string of the molecule is N[C@H](COO)CC(O)C(=O)O. The molecule has 0 aliphatic heterocycles. The molecule has 0 radical (unpaired) electrons. The van der Waals surface area contributed by atoms with Crippen molar-refractivity contribution in [3.05, 3.63) is 0 Å². The van der Waals surface area contributed by atoms with Crippen molar-refractivity contribution in [2.75, 3.05) is 6.61 Å². The summed E-state index contributed by atoms with van der Waals surface area (Å²) in [6.07, 6.45) is -1.64. The number of rotatable bonds is 5. The van der Waals surface area contributed by atoms with Gasteiger partial charge in [-0.05, 0) is 0 Å². The second-order valence-electron chi connectivity index (χ2n) is 2.15. The zero-order chi connectivity index (χ0) is 8.85. The van der Waals surface area contributed by atoms with Crippen LogP contribution in [0.25, 0.3) is 0 Å². The summed E-state index contributed by atoms with van der Waals surface area (Å²) in [4.78, 5) is 13.7. The molecule has 0 aromatic carbocycles. The summed E-state index contributed by atoms with van der Waals surface area (Å²) in [7, 11) is 0. The monoisotopic (exact) mass is 165 g/mol. The predicted octanol–water partition coefficient (Wildman–Crippen LogP) is -1.36. The first kappa shape index (κ1) is 10.3. The summed E-state index contributed by atoms with van der Waals surface area (Å²) in [6.45, 7) is -0.190. The molecule has 0 heterocycles. The van der Waals surface area contributed by atoms with Crippen LogP contribution in [0.4, 0.5) is 0 Å². The number of carboxylic acids is 1. The largest absolute Gasteiger partial charge is 0.479 e. The third-order valence-corrected chi connectivity index (χ3v) is 1.10. The first-order valence-electron chi connectivity index (χ1n) is 3.00. The van der Waals surface area contributed by atoms with Gasteiger partial charge in [-0.2, -0.15) is 0 Å². The smallest absolute Gasteiger partial charge is 0.332 e. The number of carbonyl (C=O) groups is 1. The molecule has 0 rings (SSSR count). The summed E-state index contributed by atoms with van der Waals surface area (Å²) in [5, 5.41) is 24.8. The minimum Gasteiger partial charge on any atom is -0.479 e. The molecule has 0 fully saturated rings. The van der Waals surface area contributed by atoms with Gasteiger partial charge < -0.3 is 15.9 Å². The summed E-state index contributed by atoms with van der Waals surface area (Å²) in [6, 6.07) is -0.675. The quantitative estimate of drug-likeness (QED) is 0.295. The number of carboxylic acid groups (broad SMARTS) is 1. The van der Waals surface area contributed by atoms with Gasteiger partial charge in [0.15, 0.2) is 6.10 Å². The molecule has 0 bridgehead atoms. The molecule has 5 N–H and O–H groups in total. The highest BCUT2D eigenvalue weighted by atomic mass is 17.1. The van der Waals surface area contributed by atoms with E-state index in [-0.39, 0.29) is 13.0 Å². The Morgan fingerprint density at radius 2 is 2.18 bits per heavy atom. The van der Waals surface area contributed by atoms with E-state index >= 15 is 0 Å². The van der Waals surface area contributed by atoms with E-state index in [0.29, 0.717) is 0 Å². The highest BCUT2D eigenvalue weighted by molar-refractivity contribution is 5.71. The van der Waals surface area contributed by atoms with Gasteiger partial charge in [0.05, 0.1) is 6.61 Å². The minimum absolute atomic E-state index is 0.143. The fourth-order valence-electron chi connectivity index (χ4n) is 0.551. The van der Waals surface area contributed by atoms with Crippen LogP contribution in [-0.2, 0) is 9.68 Å². The lowest BCUT2D eigenvalue weighted by atomic mass is 10.1. The molecule has 0 saturated carbocycles. The third-order valence-electron chi connectivity index (χ3n) is 1.10. The van der Waals surface area contributed by atoms with Crippen LogP contribution in [0.3, 0.4) is 0 Å². The van der Waals surface area contributed by atoms with Crippen LogP contribution >= 0.6 is 0 Å². The van der Waals surface area contributed by atoms with Crippen molar-refractivity contribution >= 4 is 5.97 Å². The molecule has 0 aromatic heterocycles. The van der Waals surface area contributed by atoms with Crippen LogP contribution in [0.1, 0.15) is 6.42 Å². The topological polar surface area (TPSA) is 113 Å². The first-order chi connectivity index (χ1) is 5.07. The van der Waals surface area contributed by atoms with Crippen molar-refractivity contribution < 1.29 is 25.2 Å². The number of aliphatic carboxylic acids is 1. The third kappa shape index (κ3) is 4.68. The second kappa shape index (κ2) is 5.03. The van der Waals surface area contributed by atoms with Crippen LogP contribution in [-0.4, -0.2) is 40.2 Å². The van der Waals surface area contributed by atoms with Crippen LogP contribution < -0.4 is 5.73 Å². The fraction of sp³-hybridized carbons (Fsp3) is 0.800. The number of hydrogen-bond acceptors (Lipinski definition) is 5. The van der Waals surface area contributed by atoms with Gasteiger partial charge in [-0.25, -0.2) is 9.68 Å². The number of aliphatic hydroxyl groups is 1. The van der Waals surface area contributed by atoms with Crippen LogP contribution in [0.15, 0.2) is 0 Å². The van der Waals surface area contributed by atoms with Gasteiger partial charge in [-0.1, -0.05) is 0 Å². The Morgan fingerprint density at radius 3 is 2.55 bits per heavy atom. The maximum Gasteiger partial charge on any atom is 0.332 e. The molecule has 0 saturated heterocycles. The van der Waals surface area contributed by atoms with E-state index < -0.39 is 18.1 Å². The number of nitrogens with two attached hydrogens (primary N) is 1. The number of hydrogen-bond donors (Lipinski definition) is 4. The van der Waals surface area contributed by atoms with Gasteiger partial charge in [-0.15, -0.1) is 0 Å². The Kier molecular flexibility index (Phi) is 4.71.